The van der Waals surface area contributed by atoms with E-state index in [-0.39, 0.29) is 11.3 Å². The second-order valence-electron chi connectivity index (χ2n) is 5.99. The van der Waals surface area contributed by atoms with Gasteiger partial charge in [0.2, 0.25) is 0 Å². The minimum atomic E-state index is -0.196. The second kappa shape index (κ2) is 5.87. The Kier molecular flexibility index (Phi) is 4.17. The van der Waals surface area contributed by atoms with E-state index < -0.39 is 0 Å². The largest absolute Gasteiger partial charge is 0.397 e. The van der Waals surface area contributed by atoms with Crippen LogP contribution in [-0.2, 0) is 5.41 Å². The highest BCUT2D eigenvalue weighted by Crippen LogP contribution is 2.22. The Bertz CT molecular complexity index is 627. The number of hydrogen-bond donors (Lipinski definition) is 3. The molecule has 0 bridgehead atoms. The fraction of sp³-hybridized carbons (Fsp3) is 0.235. The lowest BCUT2D eigenvalue weighted by Gasteiger charge is -2.19. The van der Waals surface area contributed by atoms with Gasteiger partial charge in [-0.05, 0) is 35.2 Å². The van der Waals surface area contributed by atoms with Gasteiger partial charge in [-0.2, -0.15) is 0 Å². The van der Waals surface area contributed by atoms with Crippen LogP contribution in [0.2, 0.25) is 0 Å². The predicted octanol–water partition coefficient (Wildman–Crippen LogP) is 3.32. The summed E-state index contributed by atoms with van der Waals surface area (Å²) in [6.45, 7) is 6.42. The molecule has 0 saturated carbocycles. The quantitative estimate of drug-likeness (QED) is 0.598. The van der Waals surface area contributed by atoms with Crippen LogP contribution in [0.3, 0.4) is 0 Å². The van der Waals surface area contributed by atoms with Crippen molar-refractivity contribution < 1.29 is 4.79 Å². The highest BCUT2D eigenvalue weighted by molar-refractivity contribution is 5.95. The summed E-state index contributed by atoms with van der Waals surface area (Å²) in [6.07, 6.45) is 0. The summed E-state index contributed by atoms with van der Waals surface area (Å²) in [4.78, 5) is 12.1. The molecule has 1 amide bonds. The molecule has 2 aromatic carbocycles. The van der Waals surface area contributed by atoms with Crippen LogP contribution in [0.25, 0.3) is 0 Å². The van der Waals surface area contributed by atoms with Crippen molar-refractivity contribution >= 4 is 17.3 Å². The maximum absolute atomic E-state index is 12.1. The number of anilines is 2. The van der Waals surface area contributed by atoms with E-state index in [1.54, 1.807) is 12.1 Å². The summed E-state index contributed by atoms with van der Waals surface area (Å²) in [5, 5.41) is 0. The van der Waals surface area contributed by atoms with Crippen LogP contribution in [-0.4, -0.2) is 5.91 Å². The van der Waals surface area contributed by atoms with Crippen molar-refractivity contribution in [1.29, 1.82) is 0 Å². The number of para-hydroxylation sites is 2. The summed E-state index contributed by atoms with van der Waals surface area (Å²) in [5.41, 5.74) is 14.4. The monoisotopic (exact) mass is 283 g/mol. The Hall–Kier alpha value is -2.49. The van der Waals surface area contributed by atoms with Crippen molar-refractivity contribution in [2.24, 2.45) is 0 Å². The molecule has 21 heavy (non-hydrogen) atoms. The molecule has 0 radical (unpaired) electrons. The molecule has 4 nitrogen and oxygen atoms in total. The number of nitrogens with two attached hydrogens (primary N) is 1. The van der Waals surface area contributed by atoms with Gasteiger partial charge in [0.05, 0.1) is 11.4 Å². The topological polar surface area (TPSA) is 67.2 Å². The summed E-state index contributed by atoms with van der Waals surface area (Å²) in [7, 11) is 0. The summed E-state index contributed by atoms with van der Waals surface area (Å²) < 4.78 is 0. The molecular weight excluding hydrogens is 262 g/mol. The number of carbonyl (C=O) groups is 1. The lowest BCUT2D eigenvalue weighted by atomic mass is 9.87. The molecule has 2 rings (SSSR count). The van der Waals surface area contributed by atoms with E-state index >= 15 is 0 Å². The Morgan fingerprint density at radius 1 is 1.00 bits per heavy atom. The minimum absolute atomic E-state index is 0.0751. The number of rotatable bonds is 3. The minimum Gasteiger partial charge on any atom is -0.397 e. The van der Waals surface area contributed by atoms with Crippen molar-refractivity contribution in [3.8, 4) is 0 Å². The van der Waals surface area contributed by atoms with Gasteiger partial charge >= 0.3 is 0 Å². The lowest BCUT2D eigenvalue weighted by molar-refractivity contribution is 0.0962. The van der Waals surface area contributed by atoms with Gasteiger partial charge < -0.3 is 5.73 Å². The van der Waals surface area contributed by atoms with Crippen molar-refractivity contribution in [1.82, 2.24) is 5.43 Å². The third-order valence-electron chi connectivity index (χ3n) is 3.28. The van der Waals surface area contributed by atoms with Crippen LogP contribution in [0.1, 0.15) is 36.7 Å². The zero-order chi connectivity index (χ0) is 15.5. The molecule has 0 saturated heterocycles. The van der Waals surface area contributed by atoms with E-state index in [1.165, 1.54) is 5.56 Å². The van der Waals surface area contributed by atoms with Gasteiger partial charge in [0.1, 0.15) is 0 Å². The van der Waals surface area contributed by atoms with Crippen LogP contribution in [0.15, 0.2) is 48.5 Å². The first kappa shape index (κ1) is 14.9. The highest BCUT2D eigenvalue weighted by atomic mass is 16.2. The SMILES string of the molecule is CC(C)(C)c1ccc(C(=O)NNc2ccccc2N)cc1. The fourth-order valence-electron chi connectivity index (χ4n) is 1.93. The molecule has 110 valence electrons. The van der Waals surface area contributed by atoms with Gasteiger partial charge in [0.25, 0.3) is 5.91 Å². The number of carbonyl (C=O) groups excluding carboxylic acids is 1. The Morgan fingerprint density at radius 3 is 2.19 bits per heavy atom. The van der Waals surface area contributed by atoms with E-state index in [2.05, 4.69) is 31.6 Å². The van der Waals surface area contributed by atoms with Crippen molar-refractivity contribution in [2.75, 3.05) is 11.2 Å². The van der Waals surface area contributed by atoms with Crippen molar-refractivity contribution in [3.05, 3.63) is 59.7 Å². The smallest absolute Gasteiger partial charge is 0.269 e. The first-order valence-corrected chi connectivity index (χ1v) is 6.89. The number of hydrazine groups is 1. The molecule has 0 atom stereocenters. The van der Waals surface area contributed by atoms with Gasteiger partial charge in [-0.15, -0.1) is 0 Å². The maximum Gasteiger partial charge on any atom is 0.269 e. The fourth-order valence-corrected chi connectivity index (χ4v) is 1.93. The van der Waals surface area contributed by atoms with Crippen LogP contribution in [0.4, 0.5) is 11.4 Å². The first-order valence-electron chi connectivity index (χ1n) is 6.89. The number of nitrogens with one attached hydrogen (secondary N) is 2. The zero-order valence-electron chi connectivity index (χ0n) is 12.6. The molecule has 0 unspecified atom stereocenters. The molecule has 4 heteroatoms. The van der Waals surface area contributed by atoms with Crippen molar-refractivity contribution in [2.45, 2.75) is 26.2 Å². The van der Waals surface area contributed by atoms with Crippen LogP contribution < -0.4 is 16.6 Å². The van der Waals surface area contributed by atoms with Gasteiger partial charge in [0, 0.05) is 5.56 Å². The normalized spacial score (nSPS) is 11.0. The average molecular weight is 283 g/mol. The third-order valence-corrected chi connectivity index (χ3v) is 3.28. The molecule has 0 fully saturated rings. The zero-order valence-corrected chi connectivity index (χ0v) is 12.6. The van der Waals surface area contributed by atoms with Crippen LogP contribution >= 0.6 is 0 Å². The standard InChI is InChI=1S/C17H21N3O/c1-17(2,3)13-10-8-12(9-11-13)16(21)20-19-15-7-5-4-6-14(15)18/h4-11,19H,18H2,1-3H3,(H,20,21). The molecule has 2 aromatic rings. The lowest BCUT2D eigenvalue weighted by Crippen LogP contribution is -2.29. The van der Waals surface area contributed by atoms with Gasteiger partial charge in [0.15, 0.2) is 0 Å². The van der Waals surface area contributed by atoms with E-state index in [0.717, 1.165) is 0 Å². The van der Waals surface area contributed by atoms with Gasteiger partial charge in [-0.3, -0.25) is 15.6 Å². The third kappa shape index (κ3) is 3.75. The first-order chi connectivity index (χ1) is 9.88. The summed E-state index contributed by atoms with van der Waals surface area (Å²) in [5.74, 6) is -0.196. The maximum atomic E-state index is 12.1. The number of benzene rings is 2. The van der Waals surface area contributed by atoms with Gasteiger partial charge in [-0.1, -0.05) is 45.0 Å². The molecule has 0 heterocycles. The summed E-state index contributed by atoms with van der Waals surface area (Å²) >= 11 is 0. The van der Waals surface area contributed by atoms with E-state index in [0.29, 0.717) is 16.9 Å². The molecule has 0 aliphatic carbocycles. The second-order valence-corrected chi connectivity index (χ2v) is 5.99. The van der Waals surface area contributed by atoms with Crippen LogP contribution in [0, 0.1) is 0 Å². The number of hydrogen-bond acceptors (Lipinski definition) is 3. The van der Waals surface area contributed by atoms with Crippen LogP contribution in [0.5, 0.6) is 0 Å². The predicted molar refractivity (Wildman–Crippen MR) is 87.1 cm³/mol. The highest BCUT2D eigenvalue weighted by Gasteiger charge is 2.14. The van der Waals surface area contributed by atoms with E-state index in [1.807, 2.05) is 36.4 Å². The summed E-state index contributed by atoms with van der Waals surface area (Å²) in [6, 6.07) is 14.9. The Morgan fingerprint density at radius 2 is 1.62 bits per heavy atom. The molecule has 0 aliphatic rings. The molecule has 0 spiro atoms. The van der Waals surface area contributed by atoms with E-state index in [9.17, 15) is 4.79 Å². The molecular formula is C17H21N3O. The van der Waals surface area contributed by atoms with Gasteiger partial charge in [-0.25, -0.2) is 0 Å². The number of nitrogen functional groups attached to an aromatic ring is 1. The van der Waals surface area contributed by atoms with E-state index in [4.69, 9.17) is 5.73 Å². The average Bonchev–Trinajstić information content (AvgIpc) is 2.45. The molecule has 4 N–H and O–H groups in total. The number of amides is 1. The van der Waals surface area contributed by atoms with Crippen molar-refractivity contribution in [3.63, 3.8) is 0 Å². The Labute approximate surface area is 125 Å². The molecule has 0 aromatic heterocycles. The molecule has 0 aliphatic heterocycles. The Balaban J connectivity index is 2.03.